The number of piperidine rings is 1. The molecule has 0 saturated carbocycles. The predicted octanol–water partition coefficient (Wildman–Crippen LogP) is 4.60. The van der Waals surface area contributed by atoms with Crippen LogP contribution in [0.5, 0.6) is 0 Å². The molecule has 0 atom stereocenters. The molecular formula is C18H22N4S. The number of hydrogen-bond acceptors (Lipinski definition) is 4. The maximum Gasteiger partial charge on any atom is 0.156 e. The second-order valence-corrected chi connectivity index (χ2v) is 7.87. The molecule has 4 heterocycles. The molecule has 5 heteroatoms. The highest BCUT2D eigenvalue weighted by Crippen LogP contribution is 2.34. The summed E-state index contributed by atoms with van der Waals surface area (Å²) in [7, 11) is 0. The van der Waals surface area contributed by atoms with Gasteiger partial charge in [0.2, 0.25) is 0 Å². The molecule has 0 spiro atoms. The van der Waals surface area contributed by atoms with E-state index in [2.05, 4.69) is 40.8 Å². The molecular weight excluding hydrogens is 304 g/mol. The van der Waals surface area contributed by atoms with Gasteiger partial charge in [-0.2, -0.15) is 0 Å². The smallest absolute Gasteiger partial charge is 0.156 e. The zero-order chi connectivity index (χ0) is 16.0. The van der Waals surface area contributed by atoms with Crippen LogP contribution >= 0.6 is 11.3 Å². The first-order chi connectivity index (χ1) is 11.1. The van der Waals surface area contributed by atoms with Crippen LogP contribution in [0, 0.1) is 20.8 Å². The average Bonchev–Trinajstić information content (AvgIpc) is 3.09. The van der Waals surface area contributed by atoms with E-state index in [1.807, 2.05) is 18.3 Å². The van der Waals surface area contributed by atoms with Gasteiger partial charge in [0.1, 0.15) is 11.3 Å². The van der Waals surface area contributed by atoms with Crippen molar-refractivity contribution in [3.05, 3.63) is 27.7 Å². The van der Waals surface area contributed by atoms with Crippen molar-refractivity contribution in [2.75, 3.05) is 18.0 Å². The van der Waals surface area contributed by atoms with E-state index < -0.39 is 0 Å². The number of nitrogens with zero attached hydrogens (tertiary/aromatic N) is 3. The van der Waals surface area contributed by atoms with Crippen molar-refractivity contribution in [2.24, 2.45) is 0 Å². The average molecular weight is 326 g/mol. The van der Waals surface area contributed by atoms with Crippen LogP contribution in [0.3, 0.4) is 0 Å². The van der Waals surface area contributed by atoms with E-state index >= 15 is 0 Å². The molecule has 3 aromatic rings. The third-order valence-corrected chi connectivity index (χ3v) is 5.52. The third-order valence-electron chi connectivity index (χ3n) is 4.56. The normalized spacial score (nSPS) is 15.5. The highest BCUT2D eigenvalue weighted by Gasteiger charge is 2.19. The van der Waals surface area contributed by atoms with Crippen LogP contribution in [0.4, 0.5) is 5.82 Å². The van der Waals surface area contributed by atoms with Crippen molar-refractivity contribution in [3.63, 3.8) is 0 Å². The van der Waals surface area contributed by atoms with E-state index in [4.69, 9.17) is 4.98 Å². The van der Waals surface area contributed by atoms with E-state index in [1.54, 1.807) is 0 Å². The Morgan fingerprint density at radius 2 is 1.83 bits per heavy atom. The Bertz CT molecular complexity index is 855. The van der Waals surface area contributed by atoms with Gasteiger partial charge in [-0.25, -0.2) is 9.97 Å². The molecule has 1 saturated heterocycles. The largest absolute Gasteiger partial charge is 0.355 e. The standard InChI is InChI=1S/C18H22N4S/c1-11-9-14(12(2)23-11)15-10-16-17(21-15)18(20-13(3)19-16)22-7-5-4-6-8-22/h9-10,21H,4-8H2,1-3H3. The number of H-pyrrole nitrogens is 1. The molecule has 0 amide bonds. The van der Waals surface area contributed by atoms with Gasteiger partial charge < -0.3 is 9.88 Å². The molecule has 0 aromatic carbocycles. The minimum atomic E-state index is 0.849. The Morgan fingerprint density at radius 1 is 1.04 bits per heavy atom. The third kappa shape index (κ3) is 2.63. The number of thiophene rings is 1. The van der Waals surface area contributed by atoms with Crippen molar-refractivity contribution in [1.29, 1.82) is 0 Å². The van der Waals surface area contributed by atoms with Crippen molar-refractivity contribution >= 4 is 28.2 Å². The molecule has 1 fully saturated rings. The lowest BCUT2D eigenvalue weighted by Gasteiger charge is -2.28. The molecule has 1 aliphatic rings. The van der Waals surface area contributed by atoms with Gasteiger partial charge in [-0.3, -0.25) is 0 Å². The van der Waals surface area contributed by atoms with E-state index in [1.165, 1.54) is 34.6 Å². The molecule has 120 valence electrons. The summed E-state index contributed by atoms with van der Waals surface area (Å²) in [6.07, 6.45) is 3.83. The first-order valence-corrected chi connectivity index (χ1v) is 9.13. The predicted molar refractivity (Wildman–Crippen MR) is 97.5 cm³/mol. The molecule has 23 heavy (non-hydrogen) atoms. The maximum atomic E-state index is 4.75. The van der Waals surface area contributed by atoms with Gasteiger partial charge in [0, 0.05) is 34.1 Å². The van der Waals surface area contributed by atoms with Crippen molar-refractivity contribution in [1.82, 2.24) is 15.0 Å². The summed E-state index contributed by atoms with van der Waals surface area (Å²) in [5, 5.41) is 0. The Kier molecular flexibility index (Phi) is 3.60. The van der Waals surface area contributed by atoms with Crippen molar-refractivity contribution in [3.8, 4) is 11.3 Å². The summed E-state index contributed by atoms with van der Waals surface area (Å²) in [5.74, 6) is 1.92. The van der Waals surface area contributed by atoms with Crippen molar-refractivity contribution in [2.45, 2.75) is 40.0 Å². The van der Waals surface area contributed by atoms with Crippen LogP contribution in [0.25, 0.3) is 22.3 Å². The molecule has 0 radical (unpaired) electrons. The highest BCUT2D eigenvalue weighted by atomic mass is 32.1. The zero-order valence-electron chi connectivity index (χ0n) is 13.9. The zero-order valence-corrected chi connectivity index (χ0v) is 14.8. The minimum absolute atomic E-state index is 0.849. The first kappa shape index (κ1) is 14.7. The van der Waals surface area contributed by atoms with Crippen LogP contribution < -0.4 is 4.90 Å². The first-order valence-electron chi connectivity index (χ1n) is 8.31. The molecule has 0 bridgehead atoms. The van der Waals surface area contributed by atoms with Crippen LogP contribution in [-0.2, 0) is 0 Å². The number of fused-ring (bicyclic) bond motifs is 1. The van der Waals surface area contributed by atoms with E-state index in [9.17, 15) is 0 Å². The summed E-state index contributed by atoms with van der Waals surface area (Å²) >= 11 is 1.84. The number of aromatic nitrogens is 3. The number of anilines is 1. The summed E-state index contributed by atoms with van der Waals surface area (Å²) in [5.41, 5.74) is 4.54. The fourth-order valence-electron chi connectivity index (χ4n) is 3.49. The molecule has 1 N–H and O–H groups in total. The highest BCUT2D eigenvalue weighted by molar-refractivity contribution is 7.12. The van der Waals surface area contributed by atoms with E-state index in [0.717, 1.165) is 41.5 Å². The van der Waals surface area contributed by atoms with Crippen LogP contribution in [-0.4, -0.2) is 28.0 Å². The van der Waals surface area contributed by atoms with E-state index in [0.29, 0.717) is 0 Å². The molecule has 4 rings (SSSR count). The second kappa shape index (κ2) is 5.64. The molecule has 4 nitrogen and oxygen atoms in total. The number of hydrogen-bond donors (Lipinski definition) is 1. The second-order valence-electron chi connectivity index (χ2n) is 6.41. The Hall–Kier alpha value is -1.88. The molecule has 0 aliphatic carbocycles. The number of aryl methyl sites for hydroxylation is 3. The Balaban J connectivity index is 1.86. The lowest BCUT2D eigenvalue weighted by Crippen LogP contribution is -2.30. The van der Waals surface area contributed by atoms with Crippen LogP contribution in [0.2, 0.25) is 0 Å². The van der Waals surface area contributed by atoms with E-state index in [-0.39, 0.29) is 0 Å². The van der Waals surface area contributed by atoms with Gasteiger partial charge >= 0.3 is 0 Å². The van der Waals surface area contributed by atoms with Gasteiger partial charge in [0.05, 0.1) is 5.52 Å². The topological polar surface area (TPSA) is 44.8 Å². The number of rotatable bonds is 2. The summed E-state index contributed by atoms with van der Waals surface area (Å²) in [6, 6.07) is 4.43. The van der Waals surface area contributed by atoms with Crippen LogP contribution in [0.1, 0.15) is 34.8 Å². The fourth-order valence-corrected chi connectivity index (χ4v) is 4.43. The number of aromatic amines is 1. The van der Waals surface area contributed by atoms with Gasteiger partial charge in [0.25, 0.3) is 0 Å². The Morgan fingerprint density at radius 3 is 2.52 bits per heavy atom. The molecule has 0 unspecified atom stereocenters. The maximum absolute atomic E-state index is 4.75. The SMILES string of the molecule is Cc1nc(N2CCCCC2)c2[nH]c(-c3cc(C)sc3C)cc2n1. The van der Waals surface area contributed by atoms with Gasteiger partial charge in [-0.1, -0.05) is 0 Å². The van der Waals surface area contributed by atoms with Gasteiger partial charge in [-0.05, 0) is 52.2 Å². The lowest BCUT2D eigenvalue weighted by molar-refractivity contribution is 0.574. The quantitative estimate of drug-likeness (QED) is 0.748. The molecule has 1 aliphatic heterocycles. The minimum Gasteiger partial charge on any atom is -0.355 e. The number of nitrogens with one attached hydrogen (secondary N) is 1. The van der Waals surface area contributed by atoms with Gasteiger partial charge in [-0.15, -0.1) is 11.3 Å². The van der Waals surface area contributed by atoms with Gasteiger partial charge in [0.15, 0.2) is 5.82 Å². The summed E-state index contributed by atoms with van der Waals surface area (Å²) in [4.78, 5) is 18.1. The summed E-state index contributed by atoms with van der Waals surface area (Å²) < 4.78 is 0. The molecule has 3 aromatic heterocycles. The monoisotopic (exact) mass is 326 g/mol. The summed E-state index contributed by atoms with van der Waals surface area (Å²) in [6.45, 7) is 8.51. The Labute approximate surface area is 140 Å². The lowest BCUT2D eigenvalue weighted by atomic mass is 10.1. The fraction of sp³-hybridized carbons (Fsp3) is 0.444. The van der Waals surface area contributed by atoms with Crippen molar-refractivity contribution < 1.29 is 0 Å². The van der Waals surface area contributed by atoms with Crippen LogP contribution in [0.15, 0.2) is 12.1 Å².